The molecule has 0 spiro atoms. The van der Waals surface area contributed by atoms with E-state index in [1.807, 2.05) is 65.1 Å². The molecule has 2 unspecified atom stereocenters. The number of aliphatic hydroxyl groups is 1. The molecule has 92 heavy (non-hydrogen) atoms. The van der Waals surface area contributed by atoms with Gasteiger partial charge in [-0.1, -0.05) is 71.1 Å². The number of hydrogen-bond acceptors (Lipinski definition) is 17. The van der Waals surface area contributed by atoms with E-state index in [0.29, 0.717) is 46.8 Å². The van der Waals surface area contributed by atoms with Crippen molar-refractivity contribution in [2.45, 2.75) is 131 Å². The molecule has 3 aromatic carbocycles. The van der Waals surface area contributed by atoms with Crippen molar-refractivity contribution < 1.29 is 76.7 Å². The summed E-state index contributed by atoms with van der Waals surface area (Å²) in [6.07, 6.45) is 11.4. The zero-order valence-corrected chi connectivity index (χ0v) is 53.7. The minimum atomic E-state index is -1.59. The molecule has 0 aliphatic carbocycles. The van der Waals surface area contributed by atoms with Crippen LogP contribution in [0.25, 0.3) is 0 Å². The number of aliphatic imine (C=N–C) groups is 1. The van der Waals surface area contributed by atoms with E-state index in [2.05, 4.69) is 26.3 Å². The van der Waals surface area contributed by atoms with Crippen molar-refractivity contribution in [3.63, 3.8) is 0 Å². The minimum absolute atomic E-state index is 0.00461. The van der Waals surface area contributed by atoms with Gasteiger partial charge in [0.15, 0.2) is 29.2 Å². The molecule has 9 amide bonds. The second kappa shape index (κ2) is 30.6. The van der Waals surface area contributed by atoms with Crippen molar-refractivity contribution in [3.05, 3.63) is 113 Å². The van der Waals surface area contributed by atoms with Crippen LogP contribution >= 0.6 is 0 Å². The first-order valence-corrected chi connectivity index (χ1v) is 30.8. The Bertz CT molecular complexity index is 3460. The van der Waals surface area contributed by atoms with E-state index >= 15 is 0 Å². The summed E-state index contributed by atoms with van der Waals surface area (Å²) in [5.74, 6) is -2.93. The maximum Gasteiger partial charge on any atom is 0.416 e. The summed E-state index contributed by atoms with van der Waals surface area (Å²) in [5, 5.41) is 22.9. The standard InChI is InChI=1S/C67H83N9O16/c1-11-14-42-28-45-35-69-49-33-54(52(87-9)30-46(49)62(82)74(45)36-42)90-24-13-25-91-55-34-50-47(31-53(55)88-10)63(83)75-37-43(15-12-2)29-51(75)65(85)76(50)66(86)92-38-41-16-18-44(19-17-41)71-60(80)40(5)70-61(81)59(39(3)4)72-57(78)21-26-89-27-22-68-56(77)20-23-73-58(79)32-48(64(73)84)67(6,7)8/h11-12,14-19,30-31,33-37,39-40,45,48,51,59,65,85H,13,20-29,32,38H2,1-10H3,(H,68,77)(H,70,81)(H,71,80)(H,72,78)/b14-11+,15-12+/t40-,45-,48?,51-,59-,65?/m0/s1. The summed E-state index contributed by atoms with van der Waals surface area (Å²) in [4.78, 5) is 130. The van der Waals surface area contributed by atoms with E-state index in [1.165, 1.54) is 38.2 Å². The van der Waals surface area contributed by atoms with E-state index in [1.54, 1.807) is 67.6 Å². The number of fused-ring (bicyclic) bond motifs is 4. The Hall–Kier alpha value is -9.36. The fourth-order valence-corrected chi connectivity index (χ4v) is 11.2. The van der Waals surface area contributed by atoms with Crippen LogP contribution in [0.3, 0.4) is 0 Å². The number of ether oxygens (including phenoxy) is 6. The highest BCUT2D eigenvalue weighted by molar-refractivity contribution is 6.07. The molecule has 6 atom stereocenters. The van der Waals surface area contributed by atoms with Gasteiger partial charge >= 0.3 is 6.09 Å². The molecule has 1 saturated heterocycles. The second-order valence-electron chi connectivity index (χ2n) is 24.3. The van der Waals surface area contributed by atoms with Crippen LogP contribution in [0, 0.1) is 17.3 Å². The van der Waals surface area contributed by atoms with Gasteiger partial charge in [0, 0.05) is 75.2 Å². The summed E-state index contributed by atoms with van der Waals surface area (Å²) < 4.78 is 35.1. The highest BCUT2D eigenvalue weighted by Gasteiger charge is 2.47. The normalized spacial score (nSPS) is 19.2. The third-order valence-electron chi connectivity index (χ3n) is 16.2. The summed E-state index contributed by atoms with van der Waals surface area (Å²) in [6, 6.07) is 9.46. The number of benzene rings is 3. The Morgan fingerprint density at radius 3 is 2.02 bits per heavy atom. The quantitative estimate of drug-likeness (QED) is 0.0379. The van der Waals surface area contributed by atoms with Crippen LogP contribution < -0.4 is 45.1 Å². The van der Waals surface area contributed by atoms with Crippen LogP contribution in [-0.2, 0) is 44.8 Å². The number of methoxy groups -OCH3 is 2. The molecule has 25 heteroatoms. The average molecular weight is 1270 g/mol. The van der Waals surface area contributed by atoms with Gasteiger partial charge in [0.1, 0.15) is 18.7 Å². The van der Waals surface area contributed by atoms with Crippen LogP contribution in [0.4, 0.5) is 21.9 Å². The average Bonchev–Trinajstić information content (AvgIpc) is 1.58. The molecule has 0 radical (unpaired) electrons. The third-order valence-corrected chi connectivity index (χ3v) is 16.2. The van der Waals surface area contributed by atoms with Gasteiger partial charge in [0.25, 0.3) is 11.8 Å². The number of carbonyl (C=O) groups is 9. The SMILES string of the molecule is C/C=C/C1=CN2C(=O)c3cc(OC)c(OCCCOc4cc5c(cc4OC)C(=O)N4C=C(/C=C/C)C[C@H]4C(O)N5C(=O)OCc4ccc(NC(=O)[C@H](C)NC(=O)[C@@H](NC(=O)CCOCCNC(=O)CCN5C(=O)CC(C(C)(C)C)C5=O)C(C)C)cc4)cc3N=C[C@@H]2C1. The van der Waals surface area contributed by atoms with Crippen LogP contribution in [-0.4, -0.2) is 164 Å². The zero-order chi connectivity index (χ0) is 66.6. The molecule has 0 aromatic heterocycles. The van der Waals surface area contributed by atoms with Gasteiger partial charge in [-0.2, -0.15) is 0 Å². The highest BCUT2D eigenvalue weighted by Crippen LogP contribution is 2.43. The number of aliphatic hydroxyl groups excluding tert-OH is 1. The molecule has 5 N–H and O–H groups in total. The van der Waals surface area contributed by atoms with Gasteiger partial charge in [-0.25, -0.2) is 9.69 Å². The lowest BCUT2D eigenvalue weighted by Crippen LogP contribution is -2.53. The van der Waals surface area contributed by atoms with Crippen molar-refractivity contribution in [2.24, 2.45) is 22.2 Å². The zero-order valence-electron chi connectivity index (χ0n) is 53.7. The van der Waals surface area contributed by atoms with Gasteiger partial charge in [0.05, 0.1) is 81.2 Å². The van der Waals surface area contributed by atoms with Crippen LogP contribution in [0.5, 0.6) is 23.0 Å². The number of allylic oxidation sites excluding steroid dienone is 4. The molecule has 0 saturated carbocycles. The number of nitrogens with one attached hydrogen (secondary N) is 4. The fraction of sp³-hybridized carbons (Fsp3) is 0.463. The van der Waals surface area contributed by atoms with Gasteiger partial charge in [-0.15, -0.1) is 0 Å². The number of anilines is 2. The number of hydrogen-bond donors (Lipinski definition) is 5. The molecular weight excluding hydrogens is 1190 g/mol. The van der Waals surface area contributed by atoms with E-state index in [9.17, 15) is 48.3 Å². The maximum atomic E-state index is 14.4. The molecule has 0 bridgehead atoms. The van der Waals surface area contributed by atoms with Gasteiger partial charge < -0.3 is 64.6 Å². The van der Waals surface area contributed by atoms with Crippen molar-refractivity contribution in [1.82, 2.24) is 30.7 Å². The van der Waals surface area contributed by atoms with Gasteiger partial charge in [0.2, 0.25) is 35.4 Å². The van der Waals surface area contributed by atoms with Crippen molar-refractivity contribution >= 4 is 76.6 Å². The molecule has 492 valence electrons. The van der Waals surface area contributed by atoms with Crippen molar-refractivity contribution in [2.75, 3.05) is 64.0 Å². The molecule has 5 heterocycles. The van der Waals surface area contributed by atoms with E-state index in [4.69, 9.17) is 28.4 Å². The Balaban J connectivity index is 0.819. The summed E-state index contributed by atoms with van der Waals surface area (Å²) >= 11 is 0. The molecule has 3 aromatic rings. The van der Waals surface area contributed by atoms with Crippen LogP contribution in [0.1, 0.15) is 120 Å². The Labute approximate surface area is 535 Å². The number of amides is 9. The molecule has 5 aliphatic heterocycles. The lowest BCUT2D eigenvalue weighted by Gasteiger charge is -2.31. The monoisotopic (exact) mass is 1270 g/mol. The van der Waals surface area contributed by atoms with Gasteiger partial charge in [-0.05, 0) is 85.9 Å². The second-order valence-corrected chi connectivity index (χ2v) is 24.3. The smallest absolute Gasteiger partial charge is 0.416 e. The first-order chi connectivity index (χ1) is 43.9. The minimum Gasteiger partial charge on any atom is -0.493 e. The largest absolute Gasteiger partial charge is 0.493 e. The summed E-state index contributed by atoms with van der Waals surface area (Å²) in [6.45, 7) is 14.6. The number of imide groups is 1. The molecular formula is C67H83N9O16. The maximum absolute atomic E-state index is 14.4. The van der Waals surface area contributed by atoms with E-state index in [0.717, 1.165) is 20.9 Å². The third kappa shape index (κ3) is 16.4. The molecule has 25 nitrogen and oxygen atoms in total. The van der Waals surface area contributed by atoms with Crippen molar-refractivity contribution in [1.29, 1.82) is 0 Å². The van der Waals surface area contributed by atoms with Crippen LogP contribution in [0.15, 0.2) is 101 Å². The summed E-state index contributed by atoms with van der Waals surface area (Å²) in [5.41, 5.74) is 3.15. The van der Waals surface area contributed by atoms with Crippen molar-refractivity contribution in [3.8, 4) is 23.0 Å². The van der Waals surface area contributed by atoms with Crippen LogP contribution in [0.2, 0.25) is 0 Å². The predicted molar refractivity (Wildman–Crippen MR) is 340 cm³/mol. The topological polar surface area (TPSA) is 303 Å². The Kier molecular flexibility index (Phi) is 22.8. The molecule has 8 rings (SSSR count). The number of rotatable bonds is 27. The fourth-order valence-electron chi connectivity index (χ4n) is 11.2. The first kappa shape index (κ1) is 68.5. The lowest BCUT2D eigenvalue weighted by molar-refractivity contribution is -0.140. The first-order valence-electron chi connectivity index (χ1n) is 30.8. The number of carbonyl (C=O) groups excluding carboxylic acids is 9. The Morgan fingerprint density at radius 2 is 1.38 bits per heavy atom. The predicted octanol–water partition coefficient (Wildman–Crippen LogP) is 7.01. The van der Waals surface area contributed by atoms with Gasteiger partial charge in [-0.3, -0.25) is 48.2 Å². The highest BCUT2D eigenvalue weighted by atomic mass is 16.6. The molecule has 1 fully saturated rings. The lowest BCUT2D eigenvalue weighted by atomic mass is 9.80. The number of nitrogens with zero attached hydrogens (tertiary/aromatic N) is 5. The number of likely N-dealkylation sites (tertiary alicyclic amines) is 1. The summed E-state index contributed by atoms with van der Waals surface area (Å²) in [7, 11) is 2.90. The molecule has 5 aliphatic rings. The van der Waals surface area contributed by atoms with E-state index in [-0.39, 0.29) is 136 Å². The Morgan fingerprint density at radius 1 is 0.739 bits per heavy atom. The van der Waals surface area contributed by atoms with E-state index < -0.39 is 60.0 Å².